The number of nitrogens with zero attached hydrogens (tertiary/aromatic N) is 1. The third kappa shape index (κ3) is 10.8. The summed E-state index contributed by atoms with van der Waals surface area (Å²) >= 11 is 10.3. The van der Waals surface area contributed by atoms with Gasteiger partial charge in [0.2, 0.25) is 10.0 Å². The normalized spacial score (nSPS) is 12.0. The van der Waals surface area contributed by atoms with Crippen LogP contribution >= 0.6 is 23.2 Å². The van der Waals surface area contributed by atoms with Crippen molar-refractivity contribution in [2.24, 2.45) is 0 Å². The Labute approximate surface area is 336 Å². The molecule has 0 saturated carbocycles. The zero-order chi connectivity index (χ0) is 39.8. The van der Waals surface area contributed by atoms with Crippen molar-refractivity contribution in [1.29, 1.82) is 0 Å². The summed E-state index contributed by atoms with van der Waals surface area (Å²) in [5.74, 6) is 0.389. The number of phenols is 1. The maximum Gasteiger partial charge on any atom is 0.247 e. The second-order valence-electron chi connectivity index (χ2n) is 12.7. The molecule has 0 amide bonds. The number of aryl methyl sites for hydroxylation is 1. The van der Waals surface area contributed by atoms with E-state index in [0.29, 0.717) is 50.8 Å². The van der Waals surface area contributed by atoms with Crippen LogP contribution in [0.5, 0.6) is 28.7 Å². The molecular weight excluding hydrogens is 800 g/mol. The summed E-state index contributed by atoms with van der Waals surface area (Å²) in [4.78, 5) is 13.0. The Hall–Kier alpha value is -5.08. The lowest BCUT2D eigenvalue weighted by Crippen LogP contribution is -2.30. The van der Waals surface area contributed by atoms with Crippen LogP contribution < -0.4 is 9.47 Å². The minimum Gasteiger partial charge on any atom is -0.505 e. The first-order valence-electron chi connectivity index (χ1n) is 17.1. The van der Waals surface area contributed by atoms with Gasteiger partial charge in [0, 0.05) is 30.1 Å². The average Bonchev–Trinajstić information content (AvgIpc) is 3.17. The summed E-state index contributed by atoms with van der Waals surface area (Å²) in [7, 11) is -4.50. The number of ketones is 1. The van der Waals surface area contributed by atoms with Crippen molar-refractivity contribution in [3.8, 4) is 28.7 Å². The van der Waals surface area contributed by atoms with Gasteiger partial charge in [-0.1, -0.05) is 83.9 Å². The van der Waals surface area contributed by atoms with Crippen molar-refractivity contribution in [2.75, 3.05) is 0 Å². The van der Waals surface area contributed by atoms with Crippen molar-refractivity contribution in [2.45, 2.75) is 36.6 Å². The molecule has 56 heavy (non-hydrogen) atoms. The molecule has 9 nitrogen and oxygen atoms in total. The van der Waals surface area contributed by atoms with Gasteiger partial charge in [-0.05, 0) is 101 Å². The van der Waals surface area contributed by atoms with E-state index in [4.69, 9.17) is 32.7 Å². The zero-order valence-corrected chi connectivity index (χ0v) is 32.6. The first kappa shape index (κ1) is 40.6. The first-order chi connectivity index (χ1) is 26.8. The highest BCUT2D eigenvalue weighted by atomic mass is 35.5. The van der Waals surface area contributed by atoms with Gasteiger partial charge in [-0.25, -0.2) is 17.0 Å². The predicted molar refractivity (Wildman–Crippen MR) is 214 cm³/mol. The van der Waals surface area contributed by atoms with Gasteiger partial charge >= 0.3 is 0 Å². The largest absolute Gasteiger partial charge is 0.505 e. The highest BCUT2D eigenvalue weighted by molar-refractivity contribution is 7.89. The zero-order valence-electron chi connectivity index (χ0n) is 29.5. The quantitative estimate of drug-likeness (QED) is 0.0728. The van der Waals surface area contributed by atoms with Crippen molar-refractivity contribution in [3.05, 3.63) is 177 Å². The smallest absolute Gasteiger partial charge is 0.247 e. The van der Waals surface area contributed by atoms with Crippen molar-refractivity contribution >= 4 is 50.1 Å². The number of carbonyl (C=O) groups excluding carboxylic acids is 1. The number of ether oxygens (including phenoxy) is 2. The van der Waals surface area contributed by atoms with Crippen LogP contribution in [0.25, 0.3) is 0 Å². The molecule has 6 aromatic rings. The standard InChI is InChI=1S/C42H34Cl2FNO8S2/c43-33-23-39(44)42(48)41(24-33)56(51,52)46(25-28-9-11-29(12-10-28)27-55(49)50)26-31-19-30(20-38(21-31)54-36-16-14-34(45)15-17-36)13-18-40(47)32-5-4-8-37(22-32)53-35-6-2-1-3-7-35/h1-12,14-17,19-24,48H,13,18,25-27H2,(H,49,50). The highest BCUT2D eigenvalue weighted by Crippen LogP contribution is 2.37. The van der Waals surface area contributed by atoms with Gasteiger partial charge in [-0.15, -0.1) is 0 Å². The molecule has 6 aromatic carbocycles. The van der Waals surface area contributed by atoms with Crippen molar-refractivity contribution < 1.29 is 40.9 Å². The van der Waals surface area contributed by atoms with Gasteiger partial charge in [0.1, 0.15) is 33.7 Å². The molecule has 0 bridgehead atoms. The summed E-state index contributed by atoms with van der Waals surface area (Å²) in [6, 6.07) is 35.4. The van der Waals surface area contributed by atoms with Gasteiger partial charge in [0.15, 0.2) is 22.6 Å². The molecule has 1 unspecified atom stereocenters. The number of benzene rings is 6. The van der Waals surface area contributed by atoms with Crippen molar-refractivity contribution in [3.63, 3.8) is 0 Å². The maximum absolute atomic E-state index is 14.3. The van der Waals surface area contributed by atoms with Crippen molar-refractivity contribution in [1.82, 2.24) is 4.31 Å². The molecule has 6 rings (SSSR count). The molecule has 0 aliphatic carbocycles. The van der Waals surface area contributed by atoms with E-state index in [0.717, 1.165) is 10.4 Å². The Bertz CT molecular complexity index is 2470. The number of hydrogen-bond donors (Lipinski definition) is 2. The highest BCUT2D eigenvalue weighted by Gasteiger charge is 2.30. The van der Waals surface area contributed by atoms with Crippen LogP contribution in [-0.2, 0) is 46.4 Å². The fourth-order valence-corrected chi connectivity index (χ4v) is 8.45. The number of carbonyl (C=O) groups is 1. The molecule has 0 aromatic heterocycles. The van der Waals surface area contributed by atoms with Crippen LogP contribution in [0.2, 0.25) is 10.0 Å². The Morgan fingerprint density at radius 3 is 2.04 bits per heavy atom. The minimum atomic E-state index is -4.50. The fourth-order valence-electron chi connectivity index (χ4n) is 5.82. The van der Waals surface area contributed by atoms with Crippen LogP contribution in [-0.4, -0.2) is 32.4 Å². The maximum atomic E-state index is 14.3. The van der Waals surface area contributed by atoms with E-state index in [2.05, 4.69) is 0 Å². The van der Waals surface area contributed by atoms with Crippen LogP contribution in [0, 0.1) is 5.82 Å². The number of sulfonamides is 1. The number of rotatable bonds is 16. The molecular formula is C42H34Cl2FNO8S2. The molecule has 0 heterocycles. The van der Waals surface area contributed by atoms with E-state index in [1.54, 1.807) is 66.7 Å². The Kier molecular flexibility index (Phi) is 13.2. The lowest BCUT2D eigenvalue weighted by Gasteiger charge is -2.24. The molecule has 0 aliphatic heterocycles. The first-order valence-corrected chi connectivity index (χ1v) is 20.6. The molecule has 288 valence electrons. The topological polar surface area (TPSA) is 130 Å². The minimum absolute atomic E-state index is 0.00787. The third-order valence-corrected chi connectivity index (χ3v) is 11.4. The number of phenolic OH excluding ortho intramolecular Hbond substituents is 1. The van der Waals surface area contributed by atoms with Gasteiger partial charge in [0.05, 0.1) is 10.8 Å². The molecule has 0 saturated heterocycles. The summed E-state index contributed by atoms with van der Waals surface area (Å²) in [5, 5.41) is 10.5. The SMILES string of the molecule is O=C(CCc1cc(CN(Cc2ccc(CS(=O)O)cc2)S(=O)(=O)c2cc(Cl)cc(Cl)c2O)cc(Oc2ccc(F)cc2)c1)c1cccc(Oc2ccccc2)c1. The number of aromatic hydroxyl groups is 1. The van der Waals surface area contributed by atoms with Gasteiger partial charge in [0.25, 0.3) is 0 Å². The second kappa shape index (κ2) is 18.2. The number of Topliss-reactive ketones (excluding diaryl/α,β-unsaturated/α-hetero) is 1. The summed E-state index contributed by atoms with van der Waals surface area (Å²) < 4.78 is 76.2. The van der Waals surface area contributed by atoms with Crippen LogP contribution in [0.4, 0.5) is 4.39 Å². The lowest BCUT2D eigenvalue weighted by molar-refractivity contribution is 0.0982. The lowest BCUT2D eigenvalue weighted by atomic mass is 10.0. The molecule has 0 aliphatic rings. The average molecular weight is 835 g/mol. The van der Waals surface area contributed by atoms with E-state index >= 15 is 0 Å². The molecule has 0 spiro atoms. The fraction of sp³-hybridized carbons (Fsp3) is 0.119. The molecule has 0 fully saturated rings. The van der Waals surface area contributed by atoms with Crippen LogP contribution in [0.1, 0.15) is 39.0 Å². The number of halogens is 3. The van der Waals surface area contributed by atoms with Gasteiger partial charge in [-0.3, -0.25) is 4.79 Å². The second-order valence-corrected chi connectivity index (χ2v) is 16.4. The molecule has 2 N–H and O–H groups in total. The van der Waals surface area contributed by atoms with E-state index in [1.807, 2.05) is 30.3 Å². The van der Waals surface area contributed by atoms with Gasteiger partial charge in [-0.2, -0.15) is 4.31 Å². The Balaban J connectivity index is 1.32. The Morgan fingerprint density at radius 1 is 0.696 bits per heavy atom. The summed E-state index contributed by atoms with van der Waals surface area (Å²) in [6.45, 7) is -0.429. The van der Waals surface area contributed by atoms with E-state index in [-0.39, 0.29) is 47.5 Å². The van der Waals surface area contributed by atoms with Gasteiger partial charge < -0.3 is 19.1 Å². The Morgan fingerprint density at radius 2 is 1.32 bits per heavy atom. The molecule has 14 heteroatoms. The third-order valence-electron chi connectivity index (χ3n) is 8.49. The van der Waals surface area contributed by atoms with Crippen LogP contribution in [0.3, 0.4) is 0 Å². The summed E-state index contributed by atoms with van der Waals surface area (Å²) in [5.41, 5.74) is 2.68. The van der Waals surface area contributed by atoms with E-state index < -0.39 is 37.6 Å². The molecule has 1 atom stereocenters. The van der Waals surface area contributed by atoms with E-state index in [1.165, 1.54) is 30.3 Å². The van der Waals surface area contributed by atoms with E-state index in [9.17, 15) is 31.5 Å². The predicted octanol–water partition coefficient (Wildman–Crippen LogP) is 10.4. The molecule has 0 radical (unpaired) electrons. The number of para-hydroxylation sites is 1. The monoisotopic (exact) mass is 833 g/mol. The number of hydrogen-bond acceptors (Lipinski definition) is 7. The van der Waals surface area contributed by atoms with Crippen LogP contribution in [0.15, 0.2) is 138 Å². The summed E-state index contributed by atoms with van der Waals surface area (Å²) in [6.07, 6.45) is 0.345.